The van der Waals surface area contributed by atoms with Crippen LogP contribution in [0.2, 0.25) is 0 Å². The van der Waals surface area contributed by atoms with Crippen LogP contribution in [0.4, 0.5) is 24.7 Å². The Hall–Kier alpha value is -5.06. The van der Waals surface area contributed by atoms with Gasteiger partial charge in [-0.2, -0.15) is 18.3 Å². The first kappa shape index (κ1) is 24.3. The molecule has 39 heavy (non-hydrogen) atoms. The van der Waals surface area contributed by atoms with Gasteiger partial charge in [-0.1, -0.05) is 12.1 Å². The Labute approximate surface area is 219 Å². The predicted molar refractivity (Wildman–Crippen MR) is 142 cm³/mol. The molecule has 0 aliphatic carbocycles. The Morgan fingerprint density at radius 1 is 0.872 bits per heavy atom. The lowest BCUT2D eigenvalue weighted by atomic mass is 9.93. The fraction of sp³-hybridized carbons (Fsp3) is 0.107. The highest BCUT2D eigenvalue weighted by atomic mass is 19.4. The Morgan fingerprint density at radius 3 is 2.56 bits per heavy atom. The molecule has 0 spiro atoms. The number of H-pyrrole nitrogens is 1. The van der Waals surface area contributed by atoms with Crippen molar-refractivity contribution in [3.05, 3.63) is 84.6 Å². The molecule has 194 valence electrons. The Bertz CT molecular complexity index is 1850. The zero-order valence-electron chi connectivity index (χ0n) is 20.7. The normalized spacial score (nSPS) is 11.7. The number of alkyl halides is 3. The highest BCUT2D eigenvalue weighted by Gasteiger charge is 2.34. The molecule has 11 heteroatoms. The van der Waals surface area contributed by atoms with Crippen LogP contribution < -0.4 is 10.1 Å². The van der Waals surface area contributed by atoms with Gasteiger partial charge in [-0.25, -0.2) is 15.0 Å². The van der Waals surface area contributed by atoms with Crippen LogP contribution in [0.5, 0.6) is 5.75 Å². The van der Waals surface area contributed by atoms with Crippen molar-refractivity contribution in [3.8, 4) is 28.3 Å². The molecule has 6 rings (SSSR count). The number of methoxy groups -OCH3 is 1. The lowest BCUT2D eigenvalue weighted by Crippen LogP contribution is -2.08. The number of fused-ring (bicyclic) bond motifs is 2. The van der Waals surface area contributed by atoms with Crippen molar-refractivity contribution < 1.29 is 17.9 Å². The summed E-state index contributed by atoms with van der Waals surface area (Å²) < 4.78 is 45.7. The van der Waals surface area contributed by atoms with Crippen molar-refractivity contribution in [1.82, 2.24) is 30.1 Å². The molecule has 4 heterocycles. The van der Waals surface area contributed by atoms with E-state index >= 15 is 0 Å². The average Bonchev–Trinajstić information content (AvgIpc) is 3.42. The number of nitrogens with one attached hydrogen (secondary N) is 2. The van der Waals surface area contributed by atoms with Crippen LogP contribution in [-0.2, 0) is 6.18 Å². The first-order valence-electron chi connectivity index (χ1n) is 11.9. The molecule has 0 unspecified atom stereocenters. The maximum Gasteiger partial charge on any atom is 0.420 e. The van der Waals surface area contributed by atoms with Crippen LogP contribution in [0.15, 0.2) is 73.4 Å². The fourth-order valence-electron chi connectivity index (χ4n) is 4.70. The molecule has 0 bridgehead atoms. The minimum Gasteiger partial charge on any atom is -0.496 e. The van der Waals surface area contributed by atoms with Crippen molar-refractivity contribution in [2.75, 3.05) is 12.4 Å². The third kappa shape index (κ3) is 4.27. The van der Waals surface area contributed by atoms with Gasteiger partial charge in [0.15, 0.2) is 5.65 Å². The van der Waals surface area contributed by atoms with E-state index < -0.39 is 11.7 Å². The lowest BCUT2D eigenvalue weighted by molar-refractivity contribution is -0.138. The average molecular weight is 528 g/mol. The summed E-state index contributed by atoms with van der Waals surface area (Å²) in [6, 6.07) is 13.3. The summed E-state index contributed by atoms with van der Waals surface area (Å²) in [6.07, 6.45) is 1.90. The molecule has 0 saturated carbocycles. The molecule has 0 amide bonds. The van der Waals surface area contributed by atoms with E-state index in [-0.39, 0.29) is 11.4 Å². The van der Waals surface area contributed by atoms with Gasteiger partial charge in [-0.3, -0.25) is 10.1 Å². The van der Waals surface area contributed by atoms with Gasteiger partial charge in [0.05, 0.1) is 35.6 Å². The number of rotatable bonds is 5. The predicted octanol–water partition coefficient (Wildman–Crippen LogP) is 6.71. The topological polar surface area (TPSA) is 101 Å². The smallest absolute Gasteiger partial charge is 0.420 e. The Balaban J connectivity index is 1.51. The second kappa shape index (κ2) is 9.35. The second-order valence-electron chi connectivity index (χ2n) is 8.80. The summed E-state index contributed by atoms with van der Waals surface area (Å²) in [5.74, 6) is 0.153. The molecule has 4 aromatic heterocycles. The molecule has 0 saturated heterocycles. The van der Waals surface area contributed by atoms with Crippen molar-refractivity contribution in [3.63, 3.8) is 0 Å². The Kier molecular flexibility index (Phi) is 5.82. The van der Waals surface area contributed by atoms with Gasteiger partial charge in [-0.05, 0) is 54.3 Å². The van der Waals surface area contributed by atoms with Gasteiger partial charge in [0.2, 0.25) is 0 Å². The third-order valence-corrected chi connectivity index (χ3v) is 6.47. The monoisotopic (exact) mass is 527 g/mol. The first-order chi connectivity index (χ1) is 18.8. The fourth-order valence-corrected chi connectivity index (χ4v) is 4.70. The van der Waals surface area contributed by atoms with Crippen molar-refractivity contribution in [2.45, 2.75) is 13.1 Å². The molecule has 0 atom stereocenters. The quantitative estimate of drug-likeness (QED) is 0.257. The van der Waals surface area contributed by atoms with E-state index in [0.717, 1.165) is 38.9 Å². The van der Waals surface area contributed by atoms with E-state index in [2.05, 4.69) is 30.5 Å². The zero-order valence-corrected chi connectivity index (χ0v) is 20.7. The summed E-state index contributed by atoms with van der Waals surface area (Å²) in [6.45, 7) is 1.98. The number of hydrogen-bond acceptors (Lipinski definition) is 7. The van der Waals surface area contributed by atoms with Crippen LogP contribution >= 0.6 is 0 Å². The van der Waals surface area contributed by atoms with E-state index in [0.29, 0.717) is 22.9 Å². The molecule has 6 aromatic rings. The molecular formula is C28H20F3N7O. The van der Waals surface area contributed by atoms with Gasteiger partial charge in [-0.15, -0.1) is 0 Å². The molecular weight excluding hydrogens is 507 g/mol. The molecule has 0 fully saturated rings. The standard InChI is InChI=1S/C28H20F3N7O/c1-15-5-7-18-17(9-11-33-26(18)37-16-6-8-22(39-2)21(12-16)28(29,30)31)23(15)25-19(4-3-10-32-25)24-20-13-36-38-27(20)35-14-34-24/h3-14H,1-2H3,(H,33,37)(H,34,35,36,38). The van der Waals surface area contributed by atoms with Gasteiger partial charge >= 0.3 is 6.18 Å². The number of aromatic nitrogens is 6. The summed E-state index contributed by atoms with van der Waals surface area (Å²) in [5.41, 5.74) is 3.94. The second-order valence-corrected chi connectivity index (χ2v) is 8.80. The maximum absolute atomic E-state index is 13.6. The van der Waals surface area contributed by atoms with Crippen LogP contribution in [0.25, 0.3) is 44.3 Å². The van der Waals surface area contributed by atoms with E-state index in [1.165, 1.54) is 25.6 Å². The molecule has 0 radical (unpaired) electrons. The molecule has 2 aromatic carbocycles. The van der Waals surface area contributed by atoms with Gasteiger partial charge in [0.1, 0.15) is 17.9 Å². The van der Waals surface area contributed by atoms with Crippen molar-refractivity contribution >= 4 is 33.3 Å². The minimum atomic E-state index is -4.57. The summed E-state index contributed by atoms with van der Waals surface area (Å²) in [7, 11) is 1.21. The summed E-state index contributed by atoms with van der Waals surface area (Å²) >= 11 is 0. The summed E-state index contributed by atoms with van der Waals surface area (Å²) in [4.78, 5) is 17.9. The number of aromatic amines is 1. The lowest BCUT2D eigenvalue weighted by Gasteiger charge is -2.17. The van der Waals surface area contributed by atoms with Gasteiger partial charge in [0, 0.05) is 34.6 Å². The number of halogens is 3. The SMILES string of the molecule is COc1ccc(Nc2nccc3c(-c4ncccc4-c4ncnc5[nH]ncc45)c(C)ccc23)cc1C(F)(F)F. The summed E-state index contributed by atoms with van der Waals surface area (Å²) in [5, 5.41) is 12.3. The first-order valence-corrected chi connectivity index (χ1v) is 11.9. The molecule has 0 aliphatic rings. The van der Waals surface area contributed by atoms with Crippen LogP contribution in [-0.4, -0.2) is 37.2 Å². The number of benzene rings is 2. The highest BCUT2D eigenvalue weighted by Crippen LogP contribution is 2.41. The van der Waals surface area contributed by atoms with Crippen molar-refractivity contribution in [2.24, 2.45) is 0 Å². The zero-order chi connectivity index (χ0) is 27.1. The highest BCUT2D eigenvalue weighted by molar-refractivity contribution is 6.06. The van der Waals surface area contributed by atoms with E-state index in [9.17, 15) is 13.2 Å². The van der Waals surface area contributed by atoms with E-state index in [1.807, 2.05) is 37.3 Å². The number of ether oxygens (including phenoxy) is 1. The van der Waals surface area contributed by atoms with Crippen LogP contribution in [0.3, 0.4) is 0 Å². The van der Waals surface area contributed by atoms with Crippen LogP contribution in [0, 0.1) is 6.92 Å². The number of nitrogens with zero attached hydrogens (tertiary/aromatic N) is 5. The van der Waals surface area contributed by atoms with Crippen molar-refractivity contribution in [1.29, 1.82) is 0 Å². The largest absolute Gasteiger partial charge is 0.496 e. The number of anilines is 2. The van der Waals surface area contributed by atoms with Gasteiger partial charge in [0.25, 0.3) is 0 Å². The molecule has 8 nitrogen and oxygen atoms in total. The molecule has 2 N–H and O–H groups in total. The van der Waals surface area contributed by atoms with Crippen LogP contribution in [0.1, 0.15) is 11.1 Å². The van der Waals surface area contributed by atoms with E-state index in [4.69, 9.17) is 9.72 Å². The Morgan fingerprint density at radius 2 is 1.74 bits per heavy atom. The van der Waals surface area contributed by atoms with E-state index in [1.54, 1.807) is 18.6 Å². The maximum atomic E-state index is 13.6. The minimum absolute atomic E-state index is 0.229. The number of aryl methyl sites for hydroxylation is 1. The molecule has 0 aliphatic heterocycles. The third-order valence-electron chi connectivity index (χ3n) is 6.47. The number of hydrogen-bond donors (Lipinski definition) is 2. The number of pyridine rings is 2. The van der Waals surface area contributed by atoms with Gasteiger partial charge < -0.3 is 10.1 Å².